The summed E-state index contributed by atoms with van der Waals surface area (Å²) in [6.07, 6.45) is 0. The number of rotatable bonds is 6. The van der Waals surface area contributed by atoms with Crippen LogP contribution in [0.5, 0.6) is 0 Å². The number of aliphatic carboxylic acids is 1. The van der Waals surface area contributed by atoms with Crippen molar-refractivity contribution in [3.63, 3.8) is 0 Å². The number of hydrogen-bond acceptors (Lipinski definition) is 6. The second-order valence-corrected chi connectivity index (χ2v) is 4.16. The average Bonchev–Trinajstić information content (AvgIpc) is 2.27. The van der Waals surface area contributed by atoms with Gasteiger partial charge < -0.3 is 14.6 Å². The van der Waals surface area contributed by atoms with Gasteiger partial charge in [-0.3, -0.25) is 19.1 Å². The van der Waals surface area contributed by atoms with Crippen LogP contribution in [0, 0.1) is 10.1 Å². The molecule has 0 radical (unpaired) electrons. The molecule has 0 spiro atoms. The van der Waals surface area contributed by atoms with Crippen LogP contribution in [0.3, 0.4) is 0 Å². The average molecular weight is 273 g/mol. The summed E-state index contributed by atoms with van der Waals surface area (Å²) in [6.45, 7) is -0.508. The van der Waals surface area contributed by atoms with Crippen molar-refractivity contribution in [2.75, 3.05) is 17.3 Å². The first-order valence-corrected chi connectivity index (χ1v) is 5.91. The zero-order chi connectivity index (χ0) is 13.7. The van der Waals surface area contributed by atoms with E-state index in [0.29, 0.717) is 0 Å². The molecule has 1 atom stereocenters. The van der Waals surface area contributed by atoms with Crippen molar-refractivity contribution in [3.05, 3.63) is 34.4 Å². The molecule has 0 saturated carbocycles. The lowest BCUT2D eigenvalue weighted by Gasteiger charge is -2.23. The molecule has 18 heavy (non-hydrogen) atoms. The van der Waals surface area contributed by atoms with E-state index in [2.05, 4.69) is 0 Å². The van der Waals surface area contributed by atoms with Gasteiger partial charge in [0.2, 0.25) is 0 Å². The largest absolute Gasteiger partial charge is 0.771 e. The van der Waals surface area contributed by atoms with Gasteiger partial charge in [0.25, 0.3) is 5.69 Å². The molecule has 1 rings (SSSR count). The molecule has 8 nitrogen and oxygen atoms in total. The van der Waals surface area contributed by atoms with Crippen LogP contribution in [0.2, 0.25) is 0 Å². The number of hydrogen-bond donors (Lipinski definition) is 1. The number of anilines is 1. The highest BCUT2D eigenvalue weighted by Gasteiger charge is 2.12. The van der Waals surface area contributed by atoms with Crippen LogP contribution >= 0.6 is 0 Å². The lowest BCUT2D eigenvalue weighted by Crippen LogP contribution is -2.32. The molecule has 0 aromatic heterocycles. The Balaban J connectivity index is 2.93. The Bertz CT molecular complexity index is 458. The quantitative estimate of drug-likeness (QED) is 0.449. The molecule has 0 bridgehead atoms. The summed E-state index contributed by atoms with van der Waals surface area (Å²) in [5, 5.41) is 19.1. The van der Waals surface area contributed by atoms with Crippen molar-refractivity contribution in [1.29, 1.82) is 0 Å². The third kappa shape index (κ3) is 4.11. The minimum absolute atomic E-state index is 0.155. The number of carboxylic acid groups (broad SMARTS) is 1. The second kappa shape index (κ2) is 6.07. The number of non-ortho nitro benzene ring substituents is 1. The minimum Gasteiger partial charge on any atom is -0.771 e. The normalized spacial score (nSPS) is 11.8. The first-order valence-electron chi connectivity index (χ1n) is 4.67. The number of nitro groups is 1. The number of carboxylic acids is 1. The number of nitro benzene ring substituents is 1. The van der Waals surface area contributed by atoms with Crippen LogP contribution in [-0.2, 0) is 15.9 Å². The van der Waals surface area contributed by atoms with Crippen molar-refractivity contribution in [3.8, 4) is 0 Å². The monoisotopic (exact) mass is 273 g/mol. The fourth-order valence-electron chi connectivity index (χ4n) is 1.29. The Morgan fingerprint density at radius 2 is 1.94 bits per heavy atom. The molecule has 1 aromatic carbocycles. The Kier molecular flexibility index (Phi) is 4.75. The summed E-state index contributed by atoms with van der Waals surface area (Å²) in [7, 11) is 0. The maximum Gasteiger partial charge on any atom is 0.323 e. The lowest BCUT2D eigenvalue weighted by atomic mass is 10.2. The Labute approximate surface area is 104 Å². The first-order chi connectivity index (χ1) is 8.40. The van der Waals surface area contributed by atoms with Crippen LogP contribution < -0.4 is 4.90 Å². The van der Waals surface area contributed by atoms with E-state index in [1.807, 2.05) is 0 Å². The van der Waals surface area contributed by atoms with E-state index in [1.54, 1.807) is 0 Å². The fraction of sp³-hybridized carbons (Fsp3) is 0.222. The van der Waals surface area contributed by atoms with Gasteiger partial charge in [-0.1, -0.05) is 0 Å². The molecule has 0 aliphatic rings. The molecule has 98 valence electrons. The van der Waals surface area contributed by atoms with Gasteiger partial charge in [0.1, 0.15) is 6.54 Å². The van der Waals surface area contributed by atoms with Crippen molar-refractivity contribution in [2.45, 2.75) is 0 Å². The predicted octanol–water partition coefficient (Wildman–Crippen LogP) is 0.322. The summed E-state index contributed by atoms with van der Waals surface area (Å²) >= 11 is -2.45. The smallest absolute Gasteiger partial charge is 0.323 e. The molecule has 0 heterocycles. The second-order valence-electron chi connectivity index (χ2n) is 3.30. The first kappa shape index (κ1) is 14.1. The summed E-state index contributed by atoms with van der Waals surface area (Å²) in [6, 6.07) is 4.96. The topological polar surface area (TPSA) is 124 Å². The SMILES string of the molecule is O=C(O)CN(CS(=O)[O-])c1ccc([N+](=O)[O-])cc1. The molecule has 0 saturated heterocycles. The van der Waals surface area contributed by atoms with Gasteiger partial charge in [0.15, 0.2) is 0 Å². The maximum absolute atomic E-state index is 10.6. The predicted molar refractivity (Wildman–Crippen MR) is 61.9 cm³/mol. The van der Waals surface area contributed by atoms with Crippen molar-refractivity contribution in [1.82, 2.24) is 0 Å². The summed E-state index contributed by atoms with van der Waals surface area (Å²) in [5.74, 6) is -1.69. The molecule has 9 heteroatoms. The molecule has 1 N–H and O–H groups in total. The number of carbonyl (C=O) groups is 1. The third-order valence-corrected chi connectivity index (χ3v) is 2.54. The molecular formula is C9H9N2O6S-. The fourth-order valence-corrected chi connectivity index (χ4v) is 1.78. The number of benzene rings is 1. The van der Waals surface area contributed by atoms with Crippen molar-refractivity contribution in [2.24, 2.45) is 0 Å². The van der Waals surface area contributed by atoms with Crippen molar-refractivity contribution >= 4 is 28.4 Å². The molecule has 0 aliphatic heterocycles. The van der Waals surface area contributed by atoms with E-state index in [1.165, 1.54) is 24.3 Å². The summed E-state index contributed by atoms with van der Waals surface area (Å²) < 4.78 is 21.2. The Hall–Kier alpha value is -2.00. The van der Waals surface area contributed by atoms with Gasteiger partial charge in [0, 0.05) is 17.8 Å². The standard InChI is InChI=1S/C9H10N2O6S/c12-9(13)5-10(6-18(16)17)7-1-3-8(4-2-7)11(14)15/h1-4H,5-6H2,(H,12,13)(H,16,17)/p-1. The Morgan fingerprint density at radius 3 is 2.33 bits per heavy atom. The summed E-state index contributed by atoms with van der Waals surface area (Å²) in [4.78, 5) is 21.5. The molecular weight excluding hydrogens is 264 g/mol. The van der Waals surface area contributed by atoms with Crippen LogP contribution in [0.25, 0.3) is 0 Å². The zero-order valence-corrected chi connectivity index (χ0v) is 9.83. The van der Waals surface area contributed by atoms with E-state index >= 15 is 0 Å². The van der Waals surface area contributed by atoms with Gasteiger partial charge in [0.05, 0.1) is 10.8 Å². The Morgan fingerprint density at radius 1 is 1.39 bits per heavy atom. The van der Waals surface area contributed by atoms with Crippen LogP contribution in [-0.4, -0.2) is 37.2 Å². The van der Waals surface area contributed by atoms with Crippen LogP contribution in [0.1, 0.15) is 0 Å². The highest BCUT2D eigenvalue weighted by molar-refractivity contribution is 7.79. The van der Waals surface area contributed by atoms with Gasteiger partial charge in [-0.05, 0) is 23.2 Å². The highest BCUT2D eigenvalue weighted by Crippen LogP contribution is 2.19. The molecule has 0 aliphatic carbocycles. The van der Waals surface area contributed by atoms with E-state index in [9.17, 15) is 23.7 Å². The van der Waals surface area contributed by atoms with Crippen LogP contribution in [0.15, 0.2) is 24.3 Å². The van der Waals surface area contributed by atoms with E-state index in [0.717, 1.165) is 4.90 Å². The number of nitrogens with zero attached hydrogens (tertiary/aromatic N) is 2. The van der Waals surface area contributed by atoms with Crippen LogP contribution in [0.4, 0.5) is 11.4 Å². The van der Waals surface area contributed by atoms with E-state index in [-0.39, 0.29) is 11.4 Å². The lowest BCUT2D eigenvalue weighted by molar-refractivity contribution is -0.384. The zero-order valence-electron chi connectivity index (χ0n) is 9.01. The molecule has 0 fully saturated rings. The molecule has 1 unspecified atom stereocenters. The van der Waals surface area contributed by atoms with Gasteiger partial charge >= 0.3 is 5.97 Å². The van der Waals surface area contributed by atoms with Gasteiger partial charge in [-0.15, -0.1) is 0 Å². The molecule has 1 aromatic rings. The van der Waals surface area contributed by atoms with Crippen molar-refractivity contribution < 1.29 is 23.6 Å². The van der Waals surface area contributed by atoms with Gasteiger partial charge in [-0.2, -0.15) is 0 Å². The highest BCUT2D eigenvalue weighted by atomic mass is 32.2. The third-order valence-electron chi connectivity index (χ3n) is 2.01. The van der Waals surface area contributed by atoms with Gasteiger partial charge in [-0.25, -0.2) is 0 Å². The molecule has 0 amide bonds. The van der Waals surface area contributed by atoms with E-state index in [4.69, 9.17) is 5.11 Å². The maximum atomic E-state index is 10.6. The van der Waals surface area contributed by atoms with E-state index < -0.39 is 34.4 Å². The minimum atomic E-state index is -2.45. The summed E-state index contributed by atoms with van der Waals surface area (Å²) in [5.41, 5.74) is 0.129.